The third-order valence-corrected chi connectivity index (χ3v) is 5.30. The Morgan fingerprint density at radius 2 is 1.83 bits per heavy atom. The summed E-state index contributed by atoms with van der Waals surface area (Å²) in [6.07, 6.45) is 5.01. The summed E-state index contributed by atoms with van der Waals surface area (Å²) in [7, 11) is 0. The van der Waals surface area contributed by atoms with Gasteiger partial charge < -0.3 is 5.11 Å². The topological polar surface area (TPSA) is 50.2 Å². The van der Waals surface area contributed by atoms with E-state index in [0.717, 1.165) is 28.8 Å². The van der Waals surface area contributed by atoms with Crippen molar-refractivity contribution in [1.82, 2.24) is 4.98 Å². The molecular formula is C26H21NO2. The minimum absolute atomic E-state index is 0.0372. The number of pyridine rings is 1. The molecule has 1 aliphatic rings. The maximum Gasteiger partial charge on any atom is 0.336 e. The molecule has 0 unspecified atom stereocenters. The smallest absolute Gasteiger partial charge is 0.336 e. The summed E-state index contributed by atoms with van der Waals surface area (Å²) in [5, 5.41) is 9.36. The maximum absolute atomic E-state index is 11.4. The lowest BCUT2D eigenvalue weighted by atomic mass is 9.72. The molecule has 0 bridgehead atoms. The number of benzene rings is 2. The number of hydrogen-bond acceptors (Lipinski definition) is 2. The molecule has 3 heteroatoms. The van der Waals surface area contributed by atoms with E-state index in [1.54, 1.807) is 24.3 Å². The van der Waals surface area contributed by atoms with Crippen molar-refractivity contribution < 1.29 is 9.90 Å². The van der Waals surface area contributed by atoms with E-state index in [1.165, 1.54) is 5.56 Å². The van der Waals surface area contributed by atoms with E-state index < -0.39 is 5.97 Å². The fourth-order valence-electron chi connectivity index (χ4n) is 3.69. The molecule has 142 valence electrons. The van der Waals surface area contributed by atoms with Gasteiger partial charge in [-0.1, -0.05) is 56.0 Å². The molecule has 0 saturated heterocycles. The van der Waals surface area contributed by atoms with Crippen molar-refractivity contribution in [3.63, 3.8) is 0 Å². The highest BCUT2D eigenvalue weighted by Crippen LogP contribution is 2.41. The lowest BCUT2D eigenvalue weighted by Gasteiger charge is -2.32. The van der Waals surface area contributed by atoms with Gasteiger partial charge in [-0.3, -0.25) is 4.98 Å². The second-order valence-corrected chi connectivity index (χ2v) is 7.78. The number of allylic oxidation sites excluding steroid dienone is 1. The molecule has 1 N–H and O–H groups in total. The minimum atomic E-state index is -0.970. The number of hydrogen-bond donors (Lipinski definition) is 1. The van der Waals surface area contributed by atoms with E-state index in [0.29, 0.717) is 5.56 Å². The highest BCUT2D eigenvalue weighted by Gasteiger charge is 2.28. The Morgan fingerprint density at radius 3 is 2.59 bits per heavy atom. The van der Waals surface area contributed by atoms with Crippen molar-refractivity contribution in [2.45, 2.75) is 25.7 Å². The lowest BCUT2D eigenvalue weighted by molar-refractivity contribution is 0.0696. The summed E-state index contributed by atoms with van der Waals surface area (Å²) >= 11 is 0. The average Bonchev–Trinajstić information content (AvgIpc) is 2.73. The fraction of sp³-hybridized carbons (Fsp3) is 0.154. The standard InChI is InChI=1S/C26H21NO2/c1-26(2)15-14-21(24-9-5-6-16-27-24)22-17-18(11-13-23(22)26)10-12-19-7-3-4-8-20(19)25(28)29/h3-9,11,13-14,16-17H,15H2,1-2H3,(H,28,29). The van der Waals surface area contributed by atoms with E-state index in [4.69, 9.17) is 0 Å². The van der Waals surface area contributed by atoms with Crippen LogP contribution in [-0.2, 0) is 5.41 Å². The van der Waals surface area contributed by atoms with Gasteiger partial charge in [-0.2, -0.15) is 0 Å². The van der Waals surface area contributed by atoms with Gasteiger partial charge in [0.2, 0.25) is 0 Å². The van der Waals surface area contributed by atoms with Crippen LogP contribution in [0.1, 0.15) is 58.6 Å². The van der Waals surface area contributed by atoms with Crippen LogP contribution in [-0.4, -0.2) is 16.1 Å². The van der Waals surface area contributed by atoms with Crippen LogP contribution >= 0.6 is 0 Å². The Kier molecular flexibility index (Phi) is 4.78. The zero-order chi connectivity index (χ0) is 20.4. The molecule has 0 radical (unpaired) electrons. The summed E-state index contributed by atoms with van der Waals surface area (Å²) < 4.78 is 0. The van der Waals surface area contributed by atoms with Gasteiger partial charge in [0.1, 0.15) is 0 Å². The summed E-state index contributed by atoms with van der Waals surface area (Å²) in [6.45, 7) is 4.48. The van der Waals surface area contributed by atoms with E-state index >= 15 is 0 Å². The number of nitrogens with zero attached hydrogens (tertiary/aromatic N) is 1. The van der Waals surface area contributed by atoms with Gasteiger partial charge in [0.25, 0.3) is 0 Å². The fourth-order valence-corrected chi connectivity index (χ4v) is 3.69. The van der Waals surface area contributed by atoms with Crippen LogP contribution in [0.3, 0.4) is 0 Å². The van der Waals surface area contributed by atoms with Crippen LogP contribution in [0.5, 0.6) is 0 Å². The van der Waals surface area contributed by atoms with Crippen LogP contribution in [0, 0.1) is 11.8 Å². The zero-order valence-corrected chi connectivity index (χ0v) is 16.4. The van der Waals surface area contributed by atoms with Crippen molar-refractivity contribution in [3.8, 4) is 11.8 Å². The molecule has 1 aromatic heterocycles. The number of aromatic nitrogens is 1. The molecule has 4 rings (SSSR count). The van der Waals surface area contributed by atoms with Gasteiger partial charge >= 0.3 is 5.97 Å². The molecule has 3 aromatic rings. The SMILES string of the molecule is CC1(C)CC=C(c2ccccn2)c2cc(C#Cc3ccccc3C(=O)O)ccc21. The van der Waals surface area contributed by atoms with Crippen LogP contribution in [0.25, 0.3) is 5.57 Å². The van der Waals surface area contributed by atoms with Crippen LogP contribution in [0.2, 0.25) is 0 Å². The largest absolute Gasteiger partial charge is 0.478 e. The molecule has 0 spiro atoms. The van der Waals surface area contributed by atoms with Crippen molar-refractivity contribution in [2.24, 2.45) is 0 Å². The molecular weight excluding hydrogens is 358 g/mol. The summed E-state index contributed by atoms with van der Waals surface area (Å²) in [5.74, 6) is 5.20. The Balaban J connectivity index is 1.79. The summed E-state index contributed by atoms with van der Waals surface area (Å²) in [4.78, 5) is 15.9. The number of carboxylic acid groups (broad SMARTS) is 1. The van der Waals surface area contributed by atoms with E-state index in [-0.39, 0.29) is 11.0 Å². The first-order chi connectivity index (χ1) is 14.0. The molecule has 29 heavy (non-hydrogen) atoms. The normalized spacial score (nSPS) is 14.2. The monoisotopic (exact) mass is 379 g/mol. The zero-order valence-electron chi connectivity index (χ0n) is 16.4. The highest BCUT2D eigenvalue weighted by atomic mass is 16.4. The van der Waals surface area contributed by atoms with Crippen LogP contribution in [0.4, 0.5) is 0 Å². The van der Waals surface area contributed by atoms with Gasteiger partial charge in [0.15, 0.2) is 0 Å². The van der Waals surface area contributed by atoms with E-state index in [2.05, 4.69) is 48.9 Å². The van der Waals surface area contributed by atoms with Gasteiger partial charge in [-0.05, 0) is 59.4 Å². The van der Waals surface area contributed by atoms with Crippen molar-refractivity contribution in [2.75, 3.05) is 0 Å². The Morgan fingerprint density at radius 1 is 1.03 bits per heavy atom. The average molecular weight is 379 g/mol. The molecule has 1 aliphatic carbocycles. The quantitative estimate of drug-likeness (QED) is 0.615. The molecule has 2 aromatic carbocycles. The number of fused-ring (bicyclic) bond motifs is 1. The second-order valence-electron chi connectivity index (χ2n) is 7.78. The van der Waals surface area contributed by atoms with Crippen molar-refractivity contribution in [3.05, 3.63) is 106 Å². The van der Waals surface area contributed by atoms with Gasteiger partial charge in [0.05, 0.1) is 11.3 Å². The van der Waals surface area contributed by atoms with Gasteiger partial charge in [-0.15, -0.1) is 0 Å². The number of aromatic carboxylic acids is 1. The lowest BCUT2D eigenvalue weighted by Crippen LogP contribution is -2.22. The summed E-state index contributed by atoms with van der Waals surface area (Å²) in [5.41, 5.74) is 6.10. The molecule has 0 fully saturated rings. The Bertz CT molecular complexity index is 1180. The first-order valence-electron chi connectivity index (χ1n) is 9.56. The first kappa shape index (κ1) is 18.7. The van der Waals surface area contributed by atoms with Gasteiger partial charge in [-0.25, -0.2) is 4.79 Å². The number of rotatable bonds is 2. The van der Waals surface area contributed by atoms with Crippen LogP contribution < -0.4 is 0 Å². The Labute approximate surface area is 170 Å². The molecule has 0 atom stereocenters. The molecule has 3 nitrogen and oxygen atoms in total. The molecule has 1 heterocycles. The third-order valence-electron chi connectivity index (χ3n) is 5.30. The van der Waals surface area contributed by atoms with Crippen molar-refractivity contribution >= 4 is 11.5 Å². The molecule has 0 amide bonds. The third kappa shape index (κ3) is 3.70. The Hall–Kier alpha value is -3.64. The minimum Gasteiger partial charge on any atom is -0.478 e. The predicted octanol–water partition coefficient (Wildman–Crippen LogP) is 5.29. The number of carbonyl (C=O) groups is 1. The predicted molar refractivity (Wildman–Crippen MR) is 115 cm³/mol. The van der Waals surface area contributed by atoms with Crippen LogP contribution in [0.15, 0.2) is 72.9 Å². The summed E-state index contributed by atoms with van der Waals surface area (Å²) in [6, 6.07) is 19.0. The first-order valence-corrected chi connectivity index (χ1v) is 9.56. The van der Waals surface area contributed by atoms with Crippen molar-refractivity contribution in [1.29, 1.82) is 0 Å². The molecule has 0 aliphatic heterocycles. The molecule has 0 saturated carbocycles. The maximum atomic E-state index is 11.4. The van der Waals surface area contributed by atoms with Gasteiger partial charge in [0, 0.05) is 22.9 Å². The van der Waals surface area contributed by atoms with E-state index in [1.807, 2.05) is 30.5 Å². The number of carboxylic acids is 1. The highest BCUT2D eigenvalue weighted by molar-refractivity contribution is 5.90. The second kappa shape index (κ2) is 7.41. The van der Waals surface area contributed by atoms with E-state index in [9.17, 15) is 9.90 Å².